The third kappa shape index (κ3) is 4.30. The Hall–Kier alpha value is -2.38. The quantitative estimate of drug-likeness (QED) is 0.506. The summed E-state index contributed by atoms with van der Waals surface area (Å²) in [5.74, 6) is -1.69. The monoisotopic (exact) mass is 346 g/mol. The lowest BCUT2D eigenvalue weighted by Gasteiger charge is -2.04. The van der Waals surface area contributed by atoms with Crippen molar-refractivity contribution in [1.82, 2.24) is 0 Å². The maximum Gasteiger partial charge on any atom is 0.346 e. The van der Waals surface area contributed by atoms with Crippen LogP contribution in [0.1, 0.15) is 41.4 Å². The van der Waals surface area contributed by atoms with Crippen LogP contribution < -0.4 is 0 Å². The van der Waals surface area contributed by atoms with Gasteiger partial charge >= 0.3 is 11.9 Å². The first-order chi connectivity index (χ1) is 10.9. The summed E-state index contributed by atoms with van der Waals surface area (Å²) < 4.78 is 4.74. The molecule has 0 aliphatic rings. The van der Waals surface area contributed by atoms with E-state index < -0.39 is 22.2 Å². The van der Waals surface area contributed by atoms with Crippen molar-refractivity contribution in [3.05, 3.63) is 70.8 Å². The highest BCUT2D eigenvalue weighted by Crippen LogP contribution is 2.11. The van der Waals surface area contributed by atoms with Gasteiger partial charge in [0, 0.05) is 11.1 Å². The van der Waals surface area contributed by atoms with Gasteiger partial charge in [-0.05, 0) is 48.5 Å². The second kappa shape index (κ2) is 7.26. The minimum absolute atomic E-state index is 0.124. The molecular weight excluding hydrogens is 336 g/mol. The summed E-state index contributed by atoms with van der Waals surface area (Å²) in [5.41, 5.74) is 0.893. The van der Waals surface area contributed by atoms with E-state index >= 15 is 0 Å². The average molecular weight is 346 g/mol. The van der Waals surface area contributed by atoms with Crippen LogP contribution in [-0.4, -0.2) is 22.2 Å². The first-order valence-electron chi connectivity index (χ1n) is 6.31. The number of benzene rings is 2. The summed E-state index contributed by atoms with van der Waals surface area (Å²) in [5, 5.41) is -0.861. The Balaban J connectivity index is 2.08. The molecule has 0 spiro atoms. The largest absolute Gasteiger partial charge is 0.386 e. The standard InChI is InChI=1S/C16H10O5S2/c17-13(9-1-5-11(6-2-9)15(19)22)21-14(18)10-3-7-12(8-4-10)16(20)23/h1-8H,(H,19,22)(H,20,23). The minimum Gasteiger partial charge on any atom is -0.386 e. The SMILES string of the molecule is O=C(S)c1ccc(C(=O)OC(=O)c2ccc(C(=O)S)cc2)cc1. The number of rotatable bonds is 4. The molecular formula is C16H10O5S2. The van der Waals surface area contributed by atoms with E-state index in [4.69, 9.17) is 4.74 Å². The Bertz CT molecular complexity index is 712. The van der Waals surface area contributed by atoms with Crippen LogP contribution in [0, 0.1) is 0 Å². The molecule has 0 saturated heterocycles. The minimum atomic E-state index is -0.845. The molecule has 0 unspecified atom stereocenters. The van der Waals surface area contributed by atoms with Crippen LogP contribution in [0.4, 0.5) is 0 Å². The molecule has 7 heteroatoms. The van der Waals surface area contributed by atoms with Crippen molar-refractivity contribution >= 4 is 47.4 Å². The summed E-state index contributed by atoms with van der Waals surface area (Å²) in [7, 11) is 0. The van der Waals surface area contributed by atoms with Gasteiger partial charge in [-0.15, -0.1) is 25.3 Å². The van der Waals surface area contributed by atoms with Crippen molar-refractivity contribution in [2.45, 2.75) is 0 Å². The molecule has 2 rings (SSSR count). The Morgan fingerprint density at radius 1 is 0.565 bits per heavy atom. The van der Waals surface area contributed by atoms with Gasteiger partial charge in [-0.25, -0.2) is 9.59 Å². The molecule has 5 nitrogen and oxygen atoms in total. The summed E-state index contributed by atoms with van der Waals surface area (Å²) in [4.78, 5) is 45.8. The van der Waals surface area contributed by atoms with Crippen molar-refractivity contribution in [2.24, 2.45) is 0 Å². The van der Waals surface area contributed by atoms with Crippen LogP contribution in [0.15, 0.2) is 48.5 Å². The van der Waals surface area contributed by atoms with E-state index in [0.29, 0.717) is 11.1 Å². The molecule has 2 aromatic rings. The molecule has 0 N–H and O–H groups in total. The molecule has 0 aromatic heterocycles. The number of hydrogen-bond acceptors (Lipinski definition) is 5. The molecule has 0 saturated carbocycles. The fraction of sp³-hybridized carbons (Fsp3) is 0. The van der Waals surface area contributed by atoms with Gasteiger partial charge in [-0.2, -0.15) is 0 Å². The van der Waals surface area contributed by atoms with Gasteiger partial charge in [0.15, 0.2) is 0 Å². The van der Waals surface area contributed by atoms with Crippen molar-refractivity contribution in [3.8, 4) is 0 Å². The van der Waals surface area contributed by atoms with Gasteiger partial charge in [0.05, 0.1) is 11.1 Å². The van der Waals surface area contributed by atoms with Crippen LogP contribution in [-0.2, 0) is 4.74 Å². The van der Waals surface area contributed by atoms with Crippen LogP contribution in [0.2, 0.25) is 0 Å². The lowest BCUT2D eigenvalue weighted by Crippen LogP contribution is -2.13. The van der Waals surface area contributed by atoms with E-state index in [1.54, 1.807) is 0 Å². The molecule has 0 radical (unpaired) electrons. The maximum atomic E-state index is 11.9. The topological polar surface area (TPSA) is 77.5 Å². The first-order valence-corrected chi connectivity index (χ1v) is 7.21. The zero-order valence-corrected chi connectivity index (χ0v) is 13.3. The van der Waals surface area contributed by atoms with Gasteiger partial charge in [-0.3, -0.25) is 9.59 Å². The summed E-state index contributed by atoms with van der Waals surface area (Å²) in [6.07, 6.45) is 0. The first kappa shape index (κ1) is 17.0. The highest BCUT2D eigenvalue weighted by Gasteiger charge is 2.15. The fourth-order valence-corrected chi connectivity index (χ4v) is 2.00. The summed E-state index contributed by atoms with van der Waals surface area (Å²) in [6.45, 7) is 0. The number of carbonyl (C=O) groups is 4. The number of carbonyl (C=O) groups excluding carboxylic acids is 4. The third-order valence-electron chi connectivity index (χ3n) is 2.92. The van der Waals surface area contributed by atoms with Crippen molar-refractivity contribution < 1.29 is 23.9 Å². The van der Waals surface area contributed by atoms with Crippen LogP contribution in [0.3, 0.4) is 0 Å². The predicted octanol–water partition coefficient (Wildman–Crippen LogP) is 2.82. The van der Waals surface area contributed by atoms with Gasteiger partial charge in [-0.1, -0.05) is 0 Å². The van der Waals surface area contributed by atoms with E-state index in [0.717, 1.165) is 0 Å². The van der Waals surface area contributed by atoms with E-state index in [2.05, 4.69) is 25.3 Å². The number of thiol groups is 2. The predicted molar refractivity (Wildman–Crippen MR) is 89.3 cm³/mol. The Labute approximate surface area is 142 Å². The van der Waals surface area contributed by atoms with Crippen molar-refractivity contribution in [3.63, 3.8) is 0 Å². The van der Waals surface area contributed by atoms with Crippen molar-refractivity contribution in [2.75, 3.05) is 0 Å². The molecule has 0 bridgehead atoms. The highest BCUT2D eigenvalue weighted by molar-refractivity contribution is 7.97. The third-order valence-corrected chi connectivity index (χ3v) is 3.44. The van der Waals surface area contributed by atoms with Gasteiger partial charge in [0.25, 0.3) is 0 Å². The number of hydrogen-bond donors (Lipinski definition) is 2. The number of ether oxygens (including phenoxy) is 1. The lowest BCUT2D eigenvalue weighted by atomic mass is 10.1. The zero-order chi connectivity index (χ0) is 17.0. The summed E-state index contributed by atoms with van der Waals surface area (Å²) in [6, 6.07) is 11.1. The molecule has 0 amide bonds. The smallest absolute Gasteiger partial charge is 0.346 e. The molecule has 2 aromatic carbocycles. The second-order valence-electron chi connectivity index (χ2n) is 4.44. The molecule has 0 fully saturated rings. The van der Waals surface area contributed by atoms with Crippen LogP contribution in [0.5, 0.6) is 0 Å². The van der Waals surface area contributed by atoms with E-state index in [9.17, 15) is 19.2 Å². The normalized spacial score (nSPS) is 10.0. The van der Waals surface area contributed by atoms with Gasteiger partial charge < -0.3 is 4.74 Å². The molecule has 0 aliphatic carbocycles. The van der Waals surface area contributed by atoms with Gasteiger partial charge in [0.2, 0.25) is 10.2 Å². The summed E-state index contributed by atoms with van der Waals surface area (Å²) >= 11 is 7.32. The zero-order valence-electron chi connectivity index (χ0n) is 11.6. The van der Waals surface area contributed by atoms with Crippen LogP contribution in [0.25, 0.3) is 0 Å². The molecule has 116 valence electrons. The van der Waals surface area contributed by atoms with Crippen molar-refractivity contribution in [1.29, 1.82) is 0 Å². The lowest BCUT2D eigenvalue weighted by molar-refractivity contribution is 0.0397. The molecule has 0 aliphatic heterocycles. The molecule has 0 heterocycles. The molecule has 0 atom stereocenters. The van der Waals surface area contributed by atoms with E-state index in [1.807, 2.05) is 0 Å². The fourth-order valence-electron chi connectivity index (χ4n) is 1.70. The Morgan fingerprint density at radius 3 is 1.09 bits per heavy atom. The van der Waals surface area contributed by atoms with E-state index in [-0.39, 0.29) is 11.1 Å². The second-order valence-corrected chi connectivity index (χ2v) is 5.25. The van der Waals surface area contributed by atoms with Crippen LogP contribution >= 0.6 is 25.3 Å². The van der Waals surface area contributed by atoms with E-state index in [1.165, 1.54) is 48.5 Å². The van der Waals surface area contributed by atoms with Gasteiger partial charge in [0.1, 0.15) is 0 Å². The highest BCUT2D eigenvalue weighted by atomic mass is 32.1. The average Bonchev–Trinajstić information content (AvgIpc) is 2.54. The molecule has 23 heavy (non-hydrogen) atoms. The maximum absolute atomic E-state index is 11.9. The number of esters is 2. The Kier molecular flexibility index (Phi) is 5.36. The Morgan fingerprint density at radius 2 is 0.826 bits per heavy atom.